The lowest BCUT2D eigenvalue weighted by Crippen LogP contribution is -2.05. The van der Waals surface area contributed by atoms with Gasteiger partial charge in [-0.1, -0.05) is 36.4 Å². The van der Waals surface area contributed by atoms with E-state index >= 15 is 0 Å². The van der Waals surface area contributed by atoms with E-state index in [2.05, 4.69) is 29.6 Å². The molecule has 0 saturated heterocycles. The van der Waals surface area contributed by atoms with E-state index in [4.69, 9.17) is 10.5 Å². The van der Waals surface area contributed by atoms with Gasteiger partial charge in [-0.25, -0.2) is 0 Å². The van der Waals surface area contributed by atoms with E-state index in [1.54, 1.807) is 7.11 Å². The number of anilines is 1. The molecule has 0 radical (unpaired) electrons. The molecule has 0 aliphatic rings. The summed E-state index contributed by atoms with van der Waals surface area (Å²) in [5.74, 6) is 0.858. The molecule has 0 aliphatic carbocycles. The third-order valence-electron chi connectivity index (χ3n) is 3.02. The summed E-state index contributed by atoms with van der Waals surface area (Å²) in [5.41, 5.74) is 9.07. The highest BCUT2D eigenvalue weighted by Gasteiger charge is 2.04. The SMILES string of the molecule is COc1ccc(CCN)cc1NCc1ccccc1. The monoisotopic (exact) mass is 256 g/mol. The molecule has 2 aromatic carbocycles. The van der Waals surface area contributed by atoms with E-state index < -0.39 is 0 Å². The Balaban J connectivity index is 2.11. The van der Waals surface area contributed by atoms with Crippen LogP contribution in [-0.2, 0) is 13.0 Å². The van der Waals surface area contributed by atoms with Crippen molar-refractivity contribution in [1.82, 2.24) is 0 Å². The maximum atomic E-state index is 5.59. The standard InChI is InChI=1S/C16H20N2O/c1-19-16-8-7-13(9-10-17)11-15(16)18-12-14-5-3-2-4-6-14/h2-8,11,18H,9-10,12,17H2,1H3. The molecule has 0 amide bonds. The maximum Gasteiger partial charge on any atom is 0.141 e. The van der Waals surface area contributed by atoms with E-state index in [0.29, 0.717) is 6.54 Å². The van der Waals surface area contributed by atoms with Gasteiger partial charge < -0.3 is 15.8 Å². The summed E-state index contributed by atoms with van der Waals surface area (Å²) in [4.78, 5) is 0. The Hall–Kier alpha value is -2.00. The molecule has 2 aromatic rings. The summed E-state index contributed by atoms with van der Waals surface area (Å²) >= 11 is 0. The number of rotatable bonds is 6. The topological polar surface area (TPSA) is 47.3 Å². The van der Waals surface area contributed by atoms with E-state index in [9.17, 15) is 0 Å². The van der Waals surface area contributed by atoms with Crippen LogP contribution in [0, 0.1) is 0 Å². The van der Waals surface area contributed by atoms with Crippen molar-refractivity contribution in [3.05, 3.63) is 59.7 Å². The molecule has 0 saturated carbocycles. The van der Waals surface area contributed by atoms with Crippen molar-refractivity contribution < 1.29 is 4.74 Å². The minimum absolute atomic E-state index is 0.657. The minimum Gasteiger partial charge on any atom is -0.495 e. The Kier molecular flexibility index (Phi) is 4.81. The van der Waals surface area contributed by atoms with E-state index in [1.165, 1.54) is 11.1 Å². The summed E-state index contributed by atoms with van der Waals surface area (Å²) in [6.45, 7) is 1.44. The second-order valence-electron chi connectivity index (χ2n) is 4.41. The van der Waals surface area contributed by atoms with Crippen LogP contribution in [0.25, 0.3) is 0 Å². The average molecular weight is 256 g/mol. The van der Waals surface area contributed by atoms with Gasteiger partial charge >= 0.3 is 0 Å². The first-order chi connectivity index (χ1) is 9.33. The Bertz CT molecular complexity index is 511. The van der Waals surface area contributed by atoms with Crippen molar-refractivity contribution in [3.63, 3.8) is 0 Å². The lowest BCUT2D eigenvalue weighted by Gasteiger charge is -2.13. The summed E-state index contributed by atoms with van der Waals surface area (Å²) in [5, 5.41) is 3.41. The molecule has 0 bridgehead atoms. The van der Waals surface area contributed by atoms with Gasteiger partial charge in [0.15, 0.2) is 0 Å². The fraction of sp³-hybridized carbons (Fsp3) is 0.250. The molecule has 0 aliphatic heterocycles. The lowest BCUT2D eigenvalue weighted by atomic mass is 10.1. The fourth-order valence-corrected chi connectivity index (χ4v) is 2.01. The quantitative estimate of drug-likeness (QED) is 0.835. The van der Waals surface area contributed by atoms with Crippen molar-refractivity contribution in [2.45, 2.75) is 13.0 Å². The molecule has 0 fully saturated rings. The molecule has 100 valence electrons. The van der Waals surface area contributed by atoms with Crippen LogP contribution in [-0.4, -0.2) is 13.7 Å². The number of hydrogen-bond donors (Lipinski definition) is 2. The molecular formula is C16H20N2O. The molecule has 19 heavy (non-hydrogen) atoms. The molecule has 0 aromatic heterocycles. The fourth-order valence-electron chi connectivity index (χ4n) is 2.01. The van der Waals surface area contributed by atoms with E-state index in [0.717, 1.165) is 24.4 Å². The Labute approximate surface area is 114 Å². The minimum atomic E-state index is 0.657. The van der Waals surface area contributed by atoms with Gasteiger partial charge in [0.2, 0.25) is 0 Å². The van der Waals surface area contributed by atoms with Gasteiger partial charge in [-0.05, 0) is 36.2 Å². The van der Waals surface area contributed by atoms with Gasteiger partial charge in [0.05, 0.1) is 12.8 Å². The highest BCUT2D eigenvalue weighted by atomic mass is 16.5. The molecule has 2 rings (SSSR count). The first-order valence-electron chi connectivity index (χ1n) is 6.48. The highest BCUT2D eigenvalue weighted by Crippen LogP contribution is 2.26. The van der Waals surface area contributed by atoms with Crippen molar-refractivity contribution in [1.29, 1.82) is 0 Å². The Morgan fingerprint density at radius 3 is 2.53 bits per heavy atom. The Morgan fingerprint density at radius 1 is 1.05 bits per heavy atom. The third kappa shape index (κ3) is 3.73. The zero-order valence-corrected chi connectivity index (χ0v) is 11.2. The first-order valence-corrected chi connectivity index (χ1v) is 6.48. The average Bonchev–Trinajstić information content (AvgIpc) is 2.47. The molecule has 0 spiro atoms. The summed E-state index contributed by atoms with van der Waals surface area (Å²) in [7, 11) is 1.69. The molecule has 3 heteroatoms. The van der Waals surface area contributed by atoms with Crippen molar-refractivity contribution in [2.24, 2.45) is 5.73 Å². The van der Waals surface area contributed by atoms with Gasteiger partial charge in [0.25, 0.3) is 0 Å². The number of benzene rings is 2. The van der Waals surface area contributed by atoms with Crippen LogP contribution in [0.4, 0.5) is 5.69 Å². The number of nitrogens with two attached hydrogens (primary N) is 1. The first kappa shape index (κ1) is 13.4. The molecule has 0 atom stereocenters. The van der Waals surface area contributed by atoms with Crippen LogP contribution in [0.15, 0.2) is 48.5 Å². The summed E-state index contributed by atoms with van der Waals surface area (Å²) in [6, 6.07) is 16.4. The van der Waals surface area contributed by atoms with Crippen LogP contribution in [0.2, 0.25) is 0 Å². The second-order valence-corrected chi connectivity index (χ2v) is 4.41. The van der Waals surface area contributed by atoms with Crippen molar-refractivity contribution >= 4 is 5.69 Å². The van der Waals surface area contributed by atoms with E-state index in [1.807, 2.05) is 24.3 Å². The third-order valence-corrected chi connectivity index (χ3v) is 3.02. The molecule has 0 heterocycles. The van der Waals surface area contributed by atoms with Crippen LogP contribution < -0.4 is 15.8 Å². The predicted molar refractivity (Wildman–Crippen MR) is 79.5 cm³/mol. The lowest BCUT2D eigenvalue weighted by molar-refractivity contribution is 0.416. The largest absolute Gasteiger partial charge is 0.495 e. The second kappa shape index (κ2) is 6.81. The van der Waals surface area contributed by atoms with Gasteiger partial charge in [-0.3, -0.25) is 0 Å². The van der Waals surface area contributed by atoms with Crippen LogP contribution in [0.3, 0.4) is 0 Å². The van der Waals surface area contributed by atoms with Crippen LogP contribution >= 0.6 is 0 Å². The molecule has 3 nitrogen and oxygen atoms in total. The zero-order valence-electron chi connectivity index (χ0n) is 11.2. The van der Waals surface area contributed by atoms with Crippen molar-refractivity contribution in [3.8, 4) is 5.75 Å². The normalized spacial score (nSPS) is 10.2. The number of nitrogens with one attached hydrogen (secondary N) is 1. The Morgan fingerprint density at radius 2 is 1.84 bits per heavy atom. The summed E-state index contributed by atoms with van der Waals surface area (Å²) < 4.78 is 5.37. The molecular weight excluding hydrogens is 236 g/mol. The zero-order chi connectivity index (χ0) is 13.5. The van der Waals surface area contributed by atoms with Gasteiger partial charge in [-0.15, -0.1) is 0 Å². The van der Waals surface area contributed by atoms with Crippen molar-refractivity contribution in [2.75, 3.05) is 19.0 Å². The van der Waals surface area contributed by atoms with Crippen LogP contribution in [0.1, 0.15) is 11.1 Å². The van der Waals surface area contributed by atoms with Gasteiger partial charge in [0, 0.05) is 6.54 Å². The van der Waals surface area contributed by atoms with Gasteiger partial charge in [-0.2, -0.15) is 0 Å². The highest BCUT2D eigenvalue weighted by molar-refractivity contribution is 5.58. The molecule has 3 N–H and O–H groups in total. The maximum absolute atomic E-state index is 5.59. The number of hydrogen-bond acceptors (Lipinski definition) is 3. The van der Waals surface area contributed by atoms with Gasteiger partial charge in [0.1, 0.15) is 5.75 Å². The van der Waals surface area contributed by atoms with Crippen LogP contribution in [0.5, 0.6) is 5.75 Å². The summed E-state index contributed by atoms with van der Waals surface area (Å²) in [6.07, 6.45) is 0.879. The van der Waals surface area contributed by atoms with E-state index in [-0.39, 0.29) is 0 Å². The molecule has 0 unspecified atom stereocenters. The number of ether oxygens (including phenoxy) is 1. The smallest absolute Gasteiger partial charge is 0.141 e. The predicted octanol–water partition coefficient (Wildman–Crippen LogP) is 2.81. The number of methoxy groups -OCH3 is 1.